The van der Waals surface area contributed by atoms with Crippen LogP contribution in [0.2, 0.25) is 5.02 Å². The normalized spacial score (nSPS) is 11.8. The molecule has 26 heavy (non-hydrogen) atoms. The highest BCUT2D eigenvalue weighted by molar-refractivity contribution is 7.13. The minimum absolute atomic E-state index is 0.347. The number of benzene rings is 1. The summed E-state index contributed by atoms with van der Waals surface area (Å²) in [6, 6.07) is 11.0. The van der Waals surface area contributed by atoms with E-state index < -0.39 is 6.04 Å². The fourth-order valence-corrected chi connectivity index (χ4v) is 3.31. The zero-order chi connectivity index (χ0) is 18.7. The van der Waals surface area contributed by atoms with E-state index in [1.165, 1.54) is 29.2 Å². The minimum Gasteiger partial charge on any atom is -0.495 e. The van der Waals surface area contributed by atoms with Gasteiger partial charge in [0.05, 0.1) is 17.0 Å². The standard InChI is InChI=1S/C18H16ClN3O3S/c1-11(18(24)20-12-5-7-15(25-2)13(19)10-12)22-17(23)8-6-14(21-22)16-4-3-9-26-16/h3-11H,1-2H3,(H,20,24). The van der Waals surface area contributed by atoms with Crippen molar-refractivity contribution in [3.05, 3.63) is 63.2 Å². The number of ether oxygens (including phenoxy) is 1. The van der Waals surface area contributed by atoms with E-state index in [0.29, 0.717) is 22.2 Å². The molecule has 0 aliphatic heterocycles. The zero-order valence-electron chi connectivity index (χ0n) is 14.1. The molecule has 0 fully saturated rings. The Hall–Kier alpha value is -2.64. The summed E-state index contributed by atoms with van der Waals surface area (Å²) in [7, 11) is 1.51. The summed E-state index contributed by atoms with van der Waals surface area (Å²) in [6.45, 7) is 1.62. The van der Waals surface area contributed by atoms with E-state index in [4.69, 9.17) is 16.3 Å². The number of hydrogen-bond acceptors (Lipinski definition) is 5. The van der Waals surface area contributed by atoms with Gasteiger partial charge in [-0.2, -0.15) is 5.10 Å². The number of nitrogens with zero attached hydrogens (tertiary/aromatic N) is 2. The SMILES string of the molecule is COc1ccc(NC(=O)C(C)n2nc(-c3cccs3)ccc2=O)cc1Cl. The topological polar surface area (TPSA) is 73.2 Å². The summed E-state index contributed by atoms with van der Waals surface area (Å²) < 4.78 is 6.26. The number of carbonyl (C=O) groups is 1. The van der Waals surface area contributed by atoms with Crippen molar-refractivity contribution in [3.8, 4) is 16.3 Å². The maximum Gasteiger partial charge on any atom is 0.267 e. The molecule has 1 unspecified atom stereocenters. The molecular formula is C18H16ClN3O3S. The molecule has 3 rings (SSSR count). The molecular weight excluding hydrogens is 374 g/mol. The largest absolute Gasteiger partial charge is 0.495 e. The Morgan fingerprint density at radius 2 is 2.12 bits per heavy atom. The molecule has 1 aromatic carbocycles. The number of thiophene rings is 1. The third-order valence-electron chi connectivity index (χ3n) is 3.76. The average Bonchev–Trinajstić information content (AvgIpc) is 3.16. The quantitative estimate of drug-likeness (QED) is 0.719. The lowest BCUT2D eigenvalue weighted by atomic mass is 10.2. The van der Waals surface area contributed by atoms with Gasteiger partial charge in [0.25, 0.3) is 5.56 Å². The van der Waals surface area contributed by atoms with Gasteiger partial charge in [0, 0.05) is 11.8 Å². The molecule has 0 radical (unpaired) electrons. The van der Waals surface area contributed by atoms with Gasteiger partial charge >= 0.3 is 0 Å². The fourth-order valence-electron chi connectivity index (χ4n) is 2.36. The van der Waals surface area contributed by atoms with Gasteiger partial charge in [-0.05, 0) is 42.6 Å². The number of nitrogens with one attached hydrogen (secondary N) is 1. The number of hydrogen-bond donors (Lipinski definition) is 1. The third-order valence-corrected chi connectivity index (χ3v) is 4.95. The van der Waals surface area contributed by atoms with Crippen molar-refractivity contribution in [3.63, 3.8) is 0 Å². The van der Waals surface area contributed by atoms with Gasteiger partial charge < -0.3 is 10.1 Å². The lowest BCUT2D eigenvalue weighted by molar-refractivity contribution is -0.119. The van der Waals surface area contributed by atoms with Crippen LogP contribution in [0.3, 0.4) is 0 Å². The second-order valence-corrected chi connectivity index (χ2v) is 6.85. The summed E-state index contributed by atoms with van der Waals surface area (Å²) in [6.07, 6.45) is 0. The predicted molar refractivity (Wildman–Crippen MR) is 103 cm³/mol. The molecule has 0 saturated heterocycles. The Labute approximate surface area is 159 Å². The van der Waals surface area contributed by atoms with E-state index in [2.05, 4.69) is 10.4 Å². The lowest BCUT2D eigenvalue weighted by Crippen LogP contribution is -2.33. The summed E-state index contributed by atoms with van der Waals surface area (Å²) in [5.74, 6) is 0.142. The molecule has 2 aromatic heterocycles. The Bertz CT molecular complexity index is 986. The highest BCUT2D eigenvalue weighted by atomic mass is 35.5. The van der Waals surface area contributed by atoms with Crippen LogP contribution in [0.15, 0.2) is 52.6 Å². The van der Waals surface area contributed by atoms with Crippen molar-refractivity contribution in [2.75, 3.05) is 12.4 Å². The summed E-state index contributed by atoms with van der Waals surface area (Å²) >= 11 is 7.58. The number of halogens is 1. The first-order chi connectivity index (χ1) is 12.5. The van der Waals surface area contributed by atoms with Crippen molar-refractivity contribution >= 4 is 34.5 Å². The van der Waals surface area contributed by atoms with Crippen LogP contribution in [-0.2, 0) is 4.79 Å². The predicted octanol–water partition coefficient (Wildman–Crippen LogP) is 3.83. The van der Waals surface area contributed by atoms with Gasteiger partial charge in [0.15, 0.2) is 0 Å². The van der Waals surface area contributed by atoms with Gasteiger partial charge in [-0.3, -0.25) is 9.59 Å². The fraction of sp³-hybridized carbons (Fsp3) is 0.167. The number of aromatic nitrogens is 2. The molecule has 1 N–H and O–H groups in total. The third kappa shape index (κ3) is 3.79. The Morgan fingerprint density at radius 1 is 1.31 bits per heavy atom. The van der Waals surface area contributed by atoms with Crippen LogP contribution in [-0.4, -0.2) is 22.8 Å². The second kappa shape index (κ2) is 7.72. The van der Waals surface area contributed by atoms with Crippen LogP contribution >= 0.6 is 22.9 Å². The van der Waals surface area contributed by atoms with E-state index in [9.17, 15) is 9.59 Å². The molecule has 8 heteroatoms. The highest BCUT2D eigenvalue weighted by Gasteiger charge is 2.19. The number of amides is 1. The molecule has 1 amide bonds. The van der Waals surface area contributed by atoms with Crippen LogP contribution in [0.1, 0.15) is 13.0 Å². The maximum atomic E-state index is 12.5. The first kappa shape index (κ1) is 18.2. The van der Waals surface area contributed by atoms with Gasteiger partial charge in [-0.25, -0.2) is 4.68 Å². The summed E-state index contributed by atoms with van der Waals surface area (Å²) in [5.41, 5.74) is 0.808. The molecule has 0 saturated carbocycles. The lowest BCUT2D eigenvalue weighted by Gasteiger charge is -2.15. The van der Waals surface area contributed by atoms with Crippen LogP contribution in [0.5, 0.6) is 5.75 Å². The Morgan fingerprint density at radius 3 is 2.77 bits per heavy atom. The summed E-state index contributed by atoms with van der Waals surface area (Å²) in [5, 5.41) is 9.38. The Balaban J connectivity index is 1.83. The van der Waals surface area contributed by atoms with Gasteiger partial charge in [-0.1, -0.05) is 17.7 Å². The van der Waals surface area contributed by atoms with Crippen molar-refractivity contribution in [1.29, 1.82) is 0 Å². The van der Waals surface area contributed by atoms with E-state index >= 15 is 0 Å². The minimum atomic E-state index is -0.789. The number of anilines is 1. The average molecular weight is 390 g/mol. The molecule has 0 bridgehead atoms. The van der Waals surface area contributed by atoms with Crippen LogP contribution in [0.25, 0.3) is 10.6 Å². The molecule has 0 aliphatic rings. The molecule has 2 heterocycles. The van der Waals surface area contributed by atoms with E-state index in [-0.39, 0.29) is 11.5 Å². The van der Waals surface area contributed by atoms with E-state index in [1.807, 2.05) is 17.5 Å². The molecule has 1 atom stereocenters. The van der Waals surface area contributed by atoms with Crippen LogP contribution in [0.4, 0.5) is 5.69 Å². The van der Waals surface area contributed by atoms with Crippen molar-refractivity contribution in [1.82, 2.24) is 9.78 Å². The van der Waals surface area contributed by atoms with Gasteiger partial charge in [0.2, 0.25) is 5.91 Å². The molecule has 3 aromatic rings. The molecule has 0 spiro atoms. The number of carbonyl (C=O) groups excluding carboxylic acids is 1. The molecule has 0 aliphatic carbocycles. The van der Waals surface area contributed by atoms with Crippen molar-refractivity contribution in [2.45, 2.75) is 13.0 Å². The maximum absolute atomic E-state index is 12.5. The molecule has 6 nitrogen and oxygen atoms in total. The highest BCUT2D eigenvalue weighted by Crippen LogP contribution is 2.27. The zero-order valence-corrected chi connectivity index (χ0v) is 15.7. The second-order valence-electron chi connectivity index (χ2n) is 5.49. The first-order valence-electron chi connectivity index (χ1n) is 7.77. The monoisotopic (exact) mass is 389 g/mol. The van der Waals surface area contributed by atoms with Crippen LogP contribution < -0.4 is 15.6 Å². The smallest absolute Gasteiger partial charge is 0.267 e. The van der Waals surface area contributed by atoms with Crippen LogP contribution in [0, 0.1) is 0 Å². The van der Waals surface area contributed by atoms with Crippen molar-refractivity contribution < 1.29 is 9.53 Å². The number of methoxy groups -OCH3 is 1. The molecule has 134 valence electrons. The number of rotatable bonds is 5. The van der Waals surface area contributed by atoms with Gasteiger partial charge in [0.1, 0.15) is 17.5 Å². The summed E-state index contributed by atoms with van der Waals surface area (Å²) in [4.78, 5) is 25.6. The van der Waals surface area contributed by atoms with Gasteiger partial charge in [-0.15, -0.1) is 11.3 Å². The first-order valence-corrected chi connectivity index (χ1v) is 9.03. The van der Waals surface area contributed by atoms with Crippen molar-refractivity contribution in [2.24, 2.45) is 0 Å². The van der Waals surface area contributed by atoms with E-state index in [0.717, 1.165) is 4.88 Å². The van der Waals surface area contributed by atoms with E-state index in [1.54, 1.807) is 31.2 Å². The Kier molecular flexibility index (Phi) is 5.39.